The Labute approximate surface area is 208 Å². The van der Waals surface area contributed by atoms with Gasteiger partial charge in [0, 0.05) is 43.7 Å². The molecule has 0 spiro atoms. The number of benzene rings is 1. The molecule has 1 saturated carbocycles. The molecule has 2 saturated heterocycles. The van der Waals surface area contributed by atoms with E-state index in [9.17, 15) is 14.0 Å². The van der Waals surface area contributed by atoms with Crippen LogP contribution in [0, 0.1) is 5.92 Å². The Kier molecular flexibility index (Phi) is 6.35. The van der Waals surface area contributed by atoms with Crippen LogP contribution >= 0.6 is 0 Å². The lowest BCUT2D eigenvalue weighted by molar-refractivity contribution is 0.0226. The Morgan fingerprint density at radius 3 is 2.61 bits per heavy atom. The molecule has 0 bridgehead atoms. The minimum atomic E-state index is -0.446. The summed E-state index contributed by atoms with van der Waals surface area (Å²) in [5.74, 6) is 0.211. The van der Waals surface area contributed by atoms with Crippen LogP contribution in [-0.4, -0.2) is 64.9 Å². The predicted molar refractivity (Wildman–Crippen MR) is 134 cm³/mol. The number of nitrogens with one attached hydrogen (secondary N) is 2. The number of morpholine rings is 1. The molecule has 1 atom stereocenters. The Hall–Kier alpha value is -3.04. The van der Waals surface area contributed by atoms with Crippen molar-refractivity contribution in [1.82, 2.24) is 24.8 Å². The second kappa shape index (κ2) is 9.78. The number of H-pyrrole nitrogens is 1. The lowest BCUT2D eigenvalue weighted by atomic mass is 9.84. The van der Waals surface area contributed by atoms with Crippen molar-refractivity contribution in [3.05, 3.63) is 57.5 Å². The minimum absolute atomic E-state index is 0.135. The van der Waals surface area contributed by atoms with E-state index in [0.29, 0.717) is 49.1 Å². The molecule has 0 unspecified atom stereocenters. The van der Waals surface area contributed by atoms with Crippen LogP contribution in [0.1, 0.15) is 65.7 Å². The average molecular weight is 494 g/mol. The van der Waals surface area contributed by atoms with Crippen LogP contribution in [0.25, 0.3) is 16.9 Å². The first-order chi connectivity index (χ1) is 17.6. The molecule has 8 nitrogen and oxygen atoms in total. The maximum atomic E-state index is 13.6. The zero-order valence-electron chi connectivity index (χ0n) is 20.3. The van der Waals surface area contributed by atoms with Crippen LogP contribution < -0.4 is 10.9 Å². The highest BCUT2D eigenvalue weighted by Crippen LogP contribution is 2.34. The summed E-state index contributed by atoms with van der Waals surface area (Å²) >= 11 is 0. The van der Waals surface area contributed by atoms with E-state index < -0.39 is 12.8 Å². The van der Waals surface area contributed by atoms with Gasteiger partial charge in [0.05, 0.1) is 24.7 Å². The highest BCUT2D eigenvalue weighted by Gasteiger charge is 2.36. The first kappa shape index (κ1) is 23.4. The lowest BCUT2D eigenvalue weighted by Gasteiger charge is -2.38. The van der Waals surface area contributed by atoms with Crippen LogP contribution in [0.15, 0.2) is 35.1 Å². The maximum absolute atomic E-state index is 13.6. The van der Waals surface area contributed by atoms with Gasteiger partial charge in [-0.3, -0.25) is 19.1 Å². The van der Waals surface area contributed by atoms with Crippen molar-refractivity contribution in [2.75, 3.05) is 39.5 Å². The Bertz CT molecular complexity index is 1300. The van der Waals surface area contributed by atoms with Crippen molar-refractivity contribution < 1.29 is 13.9 Å². The van der Waals surface area contributed by atoms with Crippen molar-refractivity contribution in [3.63, 3.8) is 0 Å². The highest BCUT2D eigenvalue weighted by atomic mass is 19.1. The van der Waals surface area contributed by atoms with Gasteiger partial charge < -0.3 is 15.0 Å². The predicted octanol–water partition coefficient (Wildman–Crippen LogP) is 3.44. The smallest absolute Gasteiger partial charge is 0.273 e. The van der Waals surface area contributed by atoms with Crippen molar-refractivity contribution >= 4 is 11.6 Å². The van der Waals surface area contributed by atoms with E-state index in [1.807, 2.05) is 12.1 Å². The van der Waals surface area contributed by atoms with Gasteiger partial charge in [0.2, 0.25) is 0 Å². The number of ether oxygens (including phenoxy) is 1. The molecule has 1 aromatic carbocycles. The van der Waals surface area contributed by atoms with Gasteiger partial charge in [0.1, 0.15) is 11.7 Å². The molecule has 2 aliphatic heterocycles. The summed E-state index contributed by atoms with van der Waals surface area (Å²) in [5, 5.41) is 6.37. The Morgan fingerprint density at radius 1 is 1.14 bits per heavy atom. The third kappa shape index (κ3) is 4.24. The largest absolute Gasteiger partial charge is 0.369 e. The van der Waals surface area contributed by atoms with Crippen LogP contribution in [-0.2, 0) is 4.74 Å². The normalized spacial score (nSPS) is 21.6. The monoisotopic (exact) mass is 493 g/mol. The molecule has 190 valence electrons. The molecule has 36 heavy (non-hydrogen) atoms. The number of likely N-dealkylation sites (tertiary alicyclic amines) is 1. The summed E-state index contributed by atoms with van der Waals surface area (Å²) in [6.07, 6.45) is 5.90. The maximum Gasteiger partial charge on any atom is 0.273 e. The quantitative estimate of drug-likeness (QED) is 0.568. The number of alkyl halides is 1. The Morgan fingerprint density at radius 2 is 1.92 bits per heavy atom. The molecule has 6 rings (SSSR count). The number of carbonyl (C=O) groups is 1. The zero-order chi connectivity index (χ0) is 24.6. The number of nitrogens with zero attached hydrogens (tertiary/aromatic N) is 3. The molecular weight excluding hydrogens is 461 g/mol. The number of hydrogen-bond acceptors (Lipinski definition) is 5. The first-order valence-corrected chi connectivity index (χ1v) is 13.1. The fraction of sp³-hybridized carbons (Fsp3) is 0.519. The summed E-state index contributed by atoms with van der Waals surface area (Å²) < 4.78 is 20.3. The van der Waals surface area contributed by atoms with Gasteiger partial charge in [-0.15, -0.1) is 0 Å². The number of amides is 1. The van der Waals surface area contributed by atoms with Crippen molar-refractivity contribution in [2.45, 2.75) is 44.1 Å². The molecule has 3 aliphatic rings. The van der Waals surface area contributed by atoms with E-state index in [0.717, 1.165) is 12.1 Å². The van der Waals surface area contributed by atoms with E-state index in [1.165, 1.54) is 48.2 Å². The number of aromatic amines is 1. The number of halogens is 1. The van der Waals surface area contributed by atoms with Crippen LogP contribution in [0.5, 0.6) is 0 Å². The number of aromatic nitrogens is 3. The Balaban J connectivity index is 1.39. The van der Waals surface area contributed by atoms with Gasteiger partial charge in [0.25, 0.3) is 11.5 Å². The van der Waals surface area contributed by atoms with Gasteiger partial charge in [-0.25, -0.2) is 9.50 Å². The van der Waals surface area contributed by atoms with E-state index in [-0.39, 0.29) is 23.0 Å². The van der Waals surface area contributed by atoms with E-state index in [1.54, 1.807) is 4.90 Å². The summed E-state index contributed by atoms with van der Waals surface area (Å²) in [6.45, 7) is 2.03. The van der Waals surface area contributed by atoms with Gasteiger partial charge >= 0.3 is 0 Å². The fourth-order valence-electron chi connectivity index (χ4n) is 5.75. The molecule has 3 fully saturated rings. The summed E-state index contributed by atoms with van der Waals surface area (Å²) in [7, 11) is 0. The summed E-state index contributed by atoms with van der Waals surface area (Å²) in [4.78, 5) is 33.1. The second-order valence-corrected chi connectivity index (χ2v) is 10.3. The SMILES string of the molecule is O=C(c1c([C@H]2CNCCO2)[nH]n2c(=O)cc(-c3ccc(C4CCCCC4)cc3)nc12)N1CC(CF)C1. The molecule has 1 amide bonds. The topological polar surface area (TPSA) is 91.7 Å². The van der Waals surface area contributed by atoms with Crippen molar-refractivity contribution in [2.24, 2.45) is 5.92 Å². The molecule has 3 aromatic rings. The molecule has 1 aliphatic carbocycles. The third-order valence-corrected chi connectivity index (χ3v) is 7.85. The highest BCUT2D eigenvalue weighted by molar-refractivity contribution is 6.01. The van der Waals surface area contributed by atoms with Gasteiger partial charge in [-0.1, -0.05) is 43.5 Å². The molecule has 2 N–H and O–H groups in total. The first-order valence-electron chi connectivity index (χ1n) is 13.1. The van der Waals surface area contributed by atoms with Gasteiger partial charge in [-0.2, -0.15) is 0 Å². The second-order valence-electron chi connectivity index (χ2n) is 10.3. The zero-order valence-corrected chi connectivity index (χ0v) is 20.3. The number of carbonyl (C=O) groups excluding carboxylic acids is 1. The molecule has 4 heterocycles. The minimum Gasteiger partial charge on any atom is -0.369 e. The molecule has 2 aromatic heterocycles. The fourth-order valence-corrected chi connectivity index (χ4v) is 5.75. The molecular formula is C27H32FN5O3. The molecule has 9 heteroatoms. The third-order valence-electron chi connectivity index (χ3n) is 7.85. The van der Waals surface area contributed by atoms with Crippen LogP contribution in [0.2, 0.25) is 0 Å². The van der Waals surface area contributed by atoms with Crippen molar-refractivity contribution in [1.29, 1.82) is 0 Å². The number of fused-ring (bicyclic) bond motifs is 1. The summed E-state index contributed by atoms with van der Waals surface area (Å²) in [5.41, 5.74) is 3.56. The van der Waals surface area contributed by atoms with E-state index >= 15 is 0 Å². The summed E-state index contributed by atoms with van der Waals surface area (Å²) in [6, 6.07) is 9.82. The number of hydrogen-bond donors (Lipinski definition) is 2. The van der Waals surface area contributed by atoms with E-state index in [2.05, 4.69) is 22.5 Å². The molecule has 0 radical (unpaired) electrons. The van der Waals surface area contributed by atoms with Gasteiger partial charge in [0.15, 0.2) is 5.65 Å². The van der Waals surface area contributed by atoms with Gasteiger partial charge in [-0.05, 0) is 24.3 Å². The lowest BCUT2D eigenvalue weighted by Crippen LogP contribution is -2.51. The average Bonchev–Trinajstić information content (AvgIpc) is 3.29. The van der Waals surface area contributed by atoms with Crippen LogP contribution in [0.4, 0.5) is 4.39 Å². The van der Waals surface area contributed by atoms with Crippen molar-refractivity contribution in [3.8, 4) is 11.3 Å². The van der Waals surface area contributed by atoms with Crippen LogP contribution in [0.3, 0.4) is 0 Å². The van der Waals surface area contributed by atoms with E-state index in [4.69, 9.17) is 9.72 Å². The number of rotatable bonds is 5. The standard InChI is InChI=1S/C27H32FN5O3/c28-13-17-15-32(16-17)27(35)24-25(22-14-29-10-11-36-22)31-33-23(34)12-21(30-26(24)33)20-8-6-19(7-9-20)18-4-2-1-3-5-18/h6-9,12,17-18,22,29,31H,1-5,10-11,13-16H2/t22-/m1/s1.